The standard InChI is InChI=1S/C47H65ClN5O9P.C26H46O3.C15H17N5O4.C10H8ClN6O2P/c1-4-5-6-7-8-9-10-11-12-13-14-15-16-22-29-56-37(31-55-30-36-23-18-17-19-24-36)32-57-63(54,62-40-26-21-20-25-38(40)48)58-33-41-43-44(61-46(2,3)60-43)47(34-49,59-41)42-28-27-39-45(50)51-35-52-53(39)42;1-2-3-4-5-6-7-8-9-10-11-12-13-14-18-21-29-26(22-27)24-28-23-25-19-16-15-17-20-25;1-14(2)23-11-9(5-21)22-15(6-16,12(11)24-14)10-4-3-8-13(17)18-7-19-20(8)10;11-9-3-1-2-4-10(9)19-20(18,16-7-12-5-14-16)17-8-13-6-15-17/h17-21,23-28,35,37,41,43-44H,4-16,22,29-33H2,1-3H3,(H2,50,51,52);15-17,19-20,26-27H,2-14,18,21-24H2,1H3;3-4,7,9,11-12,21H,5H2,1-2H3,(H2,17,18,19);1-8H/t37-,41-,43-,44-,47+,63?;26-;9-,11-,12-,15+;/m101./s1. The molecule has 740 valence electrons. The van der Waals surface area contributed by atoms with E-state index in [2.05, 4.69) is 66.3 Å². The molecule has 4 aromatic carbocycles. The van der Waals surface area contributed by atoms with Crippen LogP contribution in [-0.2, 0) is 90.0 Å². The molecular formula is C98H136Cl2N16O18P2. The van der Waals surface area contributed by atoms with E-state index in [0.717, 1.165) is 52.3 Å². The topological polar surface area (TPSA) is 425 Å². The van der Waals surface area contributed by atoms with E-state index in [4.69, 9.17) is 100 Å². The van der Waals surface area contributed by atoms with Crippen molar-refractivity contribution in [3.8, 4) is 23.6 Å². The van der Waals surface area contributed by atoms with E-state index in [1.54, 1.807) is 100 Å². The number of nitrogens with zero attached hydrogens (tertiary/aromatic N) is 14. The monoisotopic (exact) mass is 1960 g/mol. The van der Waals surface area contributed by atoms with E-state index in [1.165, 1.54) is 201 Å². The first-order valence-corrected chi connectivity index (χ1v) is 51.6. The van der Waals surface area contributed by atoms with Gasteiger partial charge in [-0.2, -0.15) is 20.7 Å². The van der Waals surface area contributed by atoms with Gasteiger partial charge in [0.1, 0.15) is 121 Å². The number of aliphatic hydroxyl groups excluding tert-OH is 2. The fourth-order valence-electron chi connectivity index (χ4n) is 16.7. The zero-order valence-electron chi connectivity index (χ0n) is 79.1. The molecule has 6 aromatic heterocycles. The van der Waals surface area contributed by atoms with Gasteiger partial charge in [-0.1, -0.05) is 289 Å². The minimum atomic E-state index is -4.49. The van der Waals surface area contributed by atoms with E-state index in [1.807, 2.05) is 60.7 Å². The number of anilines is 2. The molecule has 11 atom stereocenters. The lowest BCUT2D eigenvalue weighted by Gasteiger charge is -2.29. The smallest absolute Gasteiger partial charge is 0.410 e. The molecule has 0 radical (unpaired) electrons. The lowest BCUT2D eigenvalue weighted by atomic mass is 9.92. The van der Waals surface area contributed by atoms with Gasteiger partial charge in [0.05, 0.1) is 74.3 Å². The summed E-state index contributed by atoms with van der Waals surface area (Å²) in [5.41, 5.74) is 12.8. The molecule has 14 rings (SSSR count). The predicted molar refractivity (Wildman–Crippen MR) is 515 cm³/mol. The van der Waals surface area contributed by atoms with Crippen LogP contribution in [0.5, 0.6) is 11.5 Å². The van der Waals surface area contributed by atoms with Gasteiger partial charge in [-0.3, -0.25) is 9.05 Å². The lowest BCUT2D eigenvalue weighted by molar-refractivity contribution is -0.204. The van der Waals surface area contributed by atoms with Crippen molar-refractivity contribution in [2.24, 2.45) is 0 Å². The Labute approximate surface area is 808 Å². The van der Waals surface area contributed by atoms with Crippen molar-refractivity contribution in [3.63, 3.8) is 0 Å². The first kappa shape index (κ1) is 107. The van der Waals surface area contributed by atoms with E-state index < -0.39 is 81.0 Å². The third-order valence-electron chi connectivity index (χ3n) is 23.7. The maximum absolute atomic E-state index is 14.7. The molecule has 4 fully saturated rings. The third-order valence-corrected chi connectivity index (χ3v) is 27.5. The fourth-order valence-corrected chi connectivity index (χ4v) is 19.9. The highest BCUT2D eigenvalue weighted by molar-refractivity contribution is 7.55. The number of rotatable bonds is 56. The van der Waals surface area contributed by atoms with Crippen molar-refractivity contribution in [2.45, 2.75) is 306 Å². The molecule has 0 saturated carbocycles. The molecule has 0 amide bonds. The van der Waals surface area contributed by atoms with Crippen LogP contribution in [0.15, 0.2) is 171 Å². The third kappa shape index (κ3) is 31.0. The highest BCUT2D eigenvalue weighted by Gasteiger charge is 2.67. The van der Waals surface area contributed by atoms with Crippen molar-refractivity contribution >= 4 is 61.4 Å². The maximum atomic E-state index is 14.7. The Hall–Kier alpha value is -8.94. The second kappa shape index (κ2) is 55.2. The van der Waals surface area contributed by atoms with E-state index in [0.29, 0.717) is 59.7 Å². The first-order chi connectivity index (χ1) is 66.0. The number of unbranched alkanes of at least 4 members (excludes halogenated alkanes) is 26. The van der Waals surface area contributed by atoms with Crippen molar-refractivity contribution in [2.75, 3.05) is 64.3 Å². The molecule has 10 heterocycles. The van der Waals surface area contributed by atoms with Gasteiger partial charge < -0.3 is 78.1 Å². The van der Waals surface area contributed by atoms with E-state index in [-0.39, 0.29) is 61.5 Å². The SMILES string of the molecule is CC1(C)O[C@H]2[C@@H](O1)[C@](C#N)(c1ccc3c(N)ncnn13)O[C@@H]2CO.CCCCCCCCCCCCCCCCO[C@@H](CO)COCc1ccccc1.CCCCCCCCCCCCCCCCO[C@H](COCc1ccccc1)COP(=O)(OC[C@H]1O[C@@](C#N)(c2ccc3c(N)ncnn23)[C@@H]2OC(C)(C)O[C@@H]21)Oc1ccccc1Cl.O=P(Oc1ccccc1Cl)(n1cncn1)n1cncn1. The van der Waals surface area contributed by atoms with Gasteiger partial charge in [0, 0.05) is 13.2 Å². The molecule has 4 aliphatic heterocycles. The molecule has 34 nitrogen and oxygen atoms in total. The van der Waals surface area contributed by atoms with E-state index >= 15 is 0 Å². The van der Waals surface area contributed by atoms with Gasteiger partial charge >= 0.3 is 15.5 Å². The quantitative estimate of drug-likeness (QED) is 0.0203. The minimum absolute atomic E-state index is 0.0212. The number of phosphoric acid groups is 1. The Morgan fingerprint density at radius 2 is 0.846 bits per heavy atom. The minimum Gasteiger partial charge on any atom is -0.410 e. The molecule has 4 saturated heterocycles. The zero-order chi connectivity index (χ0) is 96.5. The fraction of sp³-hybridized carbons (Fsp3) is 0.571. The number of nitriles is 2. The Morgan fingerprint density at radius 3 is 1.25 bits per heavy atom. The number of benzene rings is 4. The summed E-state index contributed by atoms with van der Waals surface area (Å²) in [4.78, 5) is 15.5. The number of phosphoric ester groups is 1. The Balaban J connectivity index is 0.000000199. The average Bonchev–Trinajstić information content (AvgIpc) is 1.56. The summed E-state index contributed by atoms with van der Waals surface area (Å²) in [6.45, 7) is 13.5. The van der Waals surface area contributed by atoms with Crippen molar-refractivity contribution < 1.29 is 84.8 Å². The van der Waals surface area contributed by atoms with Gasteiger partial charge in [-0.15, -0.1) is 19.1 Å². The summed E-state index contributed by atoms with van der Waals surface area (Å²) in [5, 5.41) is 56.6. The second-order valence-corrected chi connectivity index (χ2v) is 39.5. The lowest BCUT2D eigenvalue weighted by Crippen LogP contribution is -2.40. The largest absolute Gasteiger partial charge is 0.530 e. The number of para-hydroxylation sites is 2. The maximum Gasteiger partial charge on any atom is 0.530 e. The average molecular weight is 1960 g/mol. The Kier molecular flexibility index (Phi) is 43.6. The Morgan fingerprint density at radius 1 is 0.456 bits per heavy atom. The molecule has 0 spiro atoms. The highest BCUT2D eigenvalue weighted by atomic mass is 35.5. The molecule has 136 heavy (non-hydrogen) atoms. The number of hydrogen-bond donors (Lipinski definition) is 4. The van der Waals surface area contributed by atoms with Crippen LogP contribution in [0.25, 0.3) is 11.0 Å². The summed E-state index contributed by atoms with van der Waals surface area (Å²) >= 11 is 12.5. The van der Waals surface area contributed by atoms with Crippen molar-refractivity contribution in [3.05, 3.63) is 204 Å². The number of halogens is 2. The number of hydrogen-bond acceptors (Lipinski definition) is 30. The van der Waals surface area contributed by atoms with Crippen molar-refractivity contribution in [1.29, 1.82) is 10.5 Å². The van der Waals surface area contributed by atoms with Crippen LogP contribution < -0.4 is 20.5 Å². The summed E-state index contributed by atoms with van der Waals surface area (Å²) in [7, 11) is -8.16. The summed E-state index contributed by atoms with van der Waals surface area (Å²) in [6, 6.07) is 44.6. The summed E-state index contributed by atoms with van der Waals surface area (Å²) in [5.74, 6) is -1.10. The van der Waals surface area contributed by atoms with Crippen LogP contribution in [0.1, 0.15) is 244 Å². The summed E-state index contributed by atoms with van der Waals surface area (Å²) in [6.07, 6.45) is 38.8. The number of ether oxygens (including phenoxy) is 10. The zero-order valence-corrected chi connectivity index (χ0v) is 82.4. The van der Waals surface area contributed by atoms with Crippen LogP contribution in [0.4, 0.5) is 11.6 Å². The molecule has 0 bridgehead atoms. The van der Waals surface area contributed by atoms with Crippen LogP contribution in [0.3, 0.4) is 0 Å². The molecule has 0 aliphatic carbocycles. The molecule has 10 aromatic rings. The first-order valence-electron chi connectivity index (χ1n) is 47.9. The Bertz CT molecular complexity index is 5280. The van der Waals surface area contributed by atoms with Crippen LogP contribution >= 0.6 is 38.7 Å². The van der Waals surface area contributed by atoms with Crippen LogP contribution in [-0.4, -0.2) is 182 Å². The van der Waals surface area contributed by atoms with Crippen LogP contribution in [0, 0.1) is 22.7 Å². The number of aliphatic hydroxyl groups is 2. The van der Waals surface area contributed by atoms with Gasteiger partial charge in [-0.05, 0) is 100 Å². The molecule has 4 aliphatic rings. The number of aromatic nitrogens is 12. The summed E-state index contributed by atoms with van der Waals surface area (Å²) < 4.78 is 117. The normalized spacial score (nSPS) is 20.5. The highest BCUT2D eigenvalue weighted by Crippen LogP contribution is 2.56. The number of fused-ring (bicyclic) bond motifs is 4. The van der Waals surface area contributed by atoms with Gasteiger partial charge in [0.2, 0.25) is 11.2 Å². The van der Waals surface area contributed by atoms with Crippen LogP contribution in [0.2, 0.25) is 10.0 Å². The molecule has 6 N–H and O–H groups in total. The van der Waals surface area contributed by atoms with Gasteiger partial charge in [0.25, 0.3) is 0 Å². The molecule has 38 heteroatoms. The number of nitrogen functional groups attached to an aromatic ring is 2. The van der Waals surface area contributed by atoms with Gasteiger partial charge in [-0.25, -0.2) is 38.1 Å². The van der Waals surface area contributed by atoms with Crippen molar-refractivity contribution in [1.82, 2.24) is 58.3 Å². The van der Waals surface area contributed by atoms with Gasteiger partial charge in [0.15, 0.2) is 23.2 Å². The number of nitrogens with two attached hydrogens (primary N) is 2. The molecule has 1 unspecified atom stereocenters. The molecular weight excluding hydrogens is 1820 g/mol. The second-order valence-electron chi connectivity index (χ2n) is 35.1. The van der Waals surface area contributed by atoms with E-state index in [9.17, 15) is 29.9 Å². The predicted octanol–water partition coefficient (Wildman–Crippen LogP) is 20.0.